The lowest BCUT2D eigenvalue weighted by Gasteiger charge is -2.24. The zero-order chi connectivity index (χ0) is 14.6. The molecule has 1 aliphatic rings. The van der Waals surface area contributed by atoms with Crippen molar-refractivity contribution in [1.82, 2.24) is 5.32 Å². The zero-order valence-corrected chi connectivity index (χ0v) is 12.3. The fraction of sp³-hybridized carbons (Fsp3) is 0.562. The van der Waals surface area contributed by atoms with Crippen LogP contribution in [-0.4, -0.2) is 35.7 Å². The molecule has 4 heteroatoms. The average molecular weight is 276 g/mol. The molecule has 2 rings (SSSR count). The predicted octanol–water partition coefficient (Wildman–Crippen LogP) is 1.93. The molecule has 0 bridgehead atoms. The number of hydrogen-bond donors (Lipinski definition) is 2. The first kappa shape index (κ1) is 14.9. The Morgan fingerprint density at radius 1 is 1.45 bits per heavy atom. The highest BCUT2D eigenvalue weighted by atomic mass is 16.3. The number of carbonyl (C=O) groups is 1. The second kappa shape index (κ2) is 6.27. The maximum atomic E-state index is 12.1. The van der Waals surface area contributed by atoms with Gasteiger partial charge in [-0.2, -0.15) is 0 Å². The number of amides is 1. The second-order valence-corrected chi connectivity index (χ2v) is 5.76. The number of hydrogen-bond acceptors (Lipinski definition) is 3. The Morgan fingerprint density at radius 2 is 2.15 bits per heavy atom. The van der Waals surface area contributed by atoms with Crippen LogP contribution in [0.15, 0.2) is 30.3 Å². The highest BCUT2D eigenvalue weighted by molar-refractivity contribution is 5.84. The number of anilines is 1. The predicted molar refractivity (Wildman–Crippen MR) is 80.7 cm³/mol. The molecule has 110 valence electrons. The average Bonchev–Trinajstić information content (AvgIpc) is 2.88. The van der Waals surface area contributed by atoms with Crippen molar-refractivity contribution in [2.45, 2.75) is 44.8 Å². The Hall–Kier alpha value is -1.55. The minimum absolute atomic E-state index is 0.117. The SMILES string of the molecule is CCCC(C)(O)C(=O)NC1CCN(c2ccccc2)C1. The third-order valence-corrected chi connectivity index (χ3v) is 3.87. The van der Waals surface area contributed by atoms with Gasteiger partial charge in [0.15, 0.2) is 0 Å². The molecule has 1 amide bonds. The lowest BCUT2D eigenvalue weighted by molar-refractivity contribution is -0.139. The Kier molecular flexibility index (Phi) is 4.65. The van der Waals surface area contributed by atoms with E-state index in [2.05, 4.69) is 22.3 Å². The highest BCUT2D eigenvalue weighted by Crippen LogP contribution is 2.20. The van der Waals surface area contributed by atoms with Crippen LogP contribution in [0.25, 0.3) is 0 Å². The van der Waals surface area contributed by atoms with Crippen LogP contribution in [0.4, 0.5) is 5.69 Å². The number of carbonyl (C=O) groups excluding carboxylic acids is 1. The Balaban J connectivity index is 1.89. The lowest BCUT2D eigenvalue weighted by atomic mass is 9.99. The molecule has 1 saturated heterocycles. The first-order chi connectivity index (χ1) is 9.53. The van der Waals surface area contributed by atoms with Crippen LogP contribution >= 0.6 is 0 Å². The van der Waals surface area contributed by atoms with Gasteiger partial charge in [0, 0.05) is 24.8 Å². The molecule has 1 aromatic carbocycles. The summed E-state index contributed by atoms with van der Waals surface area (Å²) in [4.78, 5) is 14.3. The Morgan fingerprint density at radius 3 is 2.80 bits per heavy atom. The summed E-state index contributed by atoms with van der Waals surface area (Å²) in [6.07, 6.45) is 2.21. The Bertz CT molecular complexity index is 445. The number of nitrogens with one attached hydrogen (secondary N) is 1. The third kappa shape index (κ3) is 3.51. The van der Waals surface area contributed by atoms with Crippen LogP contribution in [0.1, 0.15) is 33.1 Å². The number of benzene rings is 1. The largest absolute Gasteiger partial charge is 0.380 e. The normalized spacial score (nSPS) is 21.6. The van der Waals surface area contributed by atoms with E-state index in [0.29, 0.717) is 6.42 Å². The monoisotopic (exact) mass is 276 g/mol. The van der Waals surface area contributed by atoms with Crippen LogP contribution in [0.3, 0.4) is 0 Å². The van der Waals surface area contributed by atoms with Crippen LogP contribution < -0.4 is 10.2 Å². The van der Waals surface area contributed by atoms with Gasteiger partial charge in [-0.15, -0.1) is 0 Å². The van der Waals surface area contributed by atoms with E-state index in [1.807, 2.05) is 25.1 Å². The number of para-hydroxylation sites is 1. The van der Waals surface area contributed by atoms with Crippen LogP contribution in [0.2, 0.25) is 0 Å². The Labute approximate surface area is 120 Å². The molecule has 0 saturated carbocycles. The molecule has 2 unspecified atom stereocenters. The van der Waals surface area contributed by atoms with Gasteiger partial charge in [-0.3, -0.25) is 4.79 Å². The third-order valence-electron chi connectivity index (χ3n) is 3.87. The molecule has 4 nitrogen and oxygen atoms in total. The maximum Gasteiger partial charge on any atom is 0.251 e. The summed E-state index contributed by atoms with van der Waals surface area (Å²) in [5, 5.41) is 13.1. The van der Waals surface area contributed by atoms with E-state index in [1.54, 1.807) is 6.92 Å². The van der Waals surface area contributed by atoms with Crippen molar-refractivity contribution in [3.05, 3.63) is 30.3 Å². The second-order valence-electron chi connectivity index (χ2n) is 5.76. The van der Waals surface area contributed by atoms with Gasteiger partial charge in [-0.25, -0.2) is 0 Å². The van der Waals surface area contributed by atoms with E-state index in [1.165, 1.54) is 5.69 Å². The fourth-order valence-corrected chi connectivity index (χ4v) is 2.69. The summed E-state index contributed by atoms with van der Waals surface area (Å²) in [5.74, 6) is -0.251. The van der Waals surface area contributed by atoms with Crippen molar-refractivity contribution in [3.8, 4) is 0 Å². The summed E-state index contributed by atoms with van der Waals surface area (Å²) < 4.78 is 0. The summed E-state index contributed by atoms with van der Waals surface area (Å²) in [7, 11) is 0. The fourth-order valence-electron chi connectivity index (χ4n) is 2.69. The van der Waals surface area contributed by atoms with Gasteiger partial charge >= 0.3 is 0 Å². The van der Waals surface area contributed by atoms with Crippen LogP contribution in [-0.2, 0) is 4.79 Å². The van der Waals surface area contributed by atoms with E-state index in [-0.39, 0.29) is 11.9 Å². The van der Waals surface area contributed by atoms with E-state index in [9.17, 15) is 9.90 Å². The van der Waals surface area contributed by atoms with Crippen molar-refractivity contribution in [3.63, 3.8) is 0 Å². The molecule has 1 heterocycles. The van der Waals surface area contributed by atoms with Crippen molar-refractivity contribution in [2.75, 3.05) is 18.0 Å². The van der Waals surface area contributed by atoms with Crippen molar-refractivity contribution < 1.29 is 9.90 Å². The molecule has 1 fully saturated rings. The maximum absolute atomic E-state index is 12.1. The van der Waals surface area contributed by atoms with Gasteiger partial charge in [0.05, 0.1) is 0 Å². The summed E-state index contributed by atoms with van der Waals surface area (Å²) >= 11 is 0. The van der Waals surface area contributed by atoms with E-state index in [4.69, 9.17) is 0 Å². The molecular weight excluding hydrogens is 252 g/mol. The lowest BCUT2D eigenvalue weighted by Crippen LogP contribution is -2.49. The molecular formula is C16H24N2O2. The molecule has 1 aliphatic heterocycles. The van der Waals surface area contributed by atoms with Crippen molar-refractivity contribution in [1.29, 1.82) is 0 Å². The van der Waals surface area contributed by atoms with E-state index < -0.39 is 5.60 Å². The first-order valence-electron chi connectivity index (χ1n) is 7.36. The molecule has 0 radical (unpaired) electrons. The van der Waals surface area contributed by atoms with Crippen molar-refractivity contribution in [2.24, 2.45) is 0 Å². The summed E-state index contributed by atoms with van der Waals surface area (Å²) in [5.41, 5.74) is -0.0703. The van der Waals surface area contributed by atoms with E-state index >= 15 is 0 Å². The first-order valence-corrected chi connectivity index (χ1v) is 7.36. The molecule has 0 aliphatic carbocycles. The van der Waals surface area contributed by atoms with Crippen molar-refractivity contribution >= 4 is 11.6 Å². The standard InChI is InChI=1S/C16H24N2O2/c1-3-10-16(2,20)15(19)17-13-9-11-18(12-13)14-7-5-4-6-8-14/h4-8,13,20H,3,9-12H2,1-2H3,(H,17,19). The minimum Gasteiger partial charge on any atom is -0.380 e. The minimum atomic E-state index is -1.26. The van der Waals surface area contributed by atoms with Gasteiger partial charge in [-0.05, 0) is 31.9 Å². The summed E-state index contributed by atoms with van der Waals surface area (Å²) in [6.45, 7) is 5.30. The molecule has 20 heavy (non-hydrogen) atoms. The van der Waals surface area contributed by atoms with Gasteiger partial charge in [0.25, 0.3) is 5.91 Å². The quantitative estimate of drug-likeness (QED) is 0.864. The molecule has 2 atom stereocenters. The van der Waals surface area contributed by atoms with Gasteiger partial charge in [0.2, 0.25) is 0 Å². The van der Waals surface area contributed by atoms with E-state index in [0.717, 1.165) is 25.9 Å². The van der Waals surface area contributed by atoms with Gasteiger partial charge in [-0.1, -0.05) is 31.5 Å². The van der Waals surface area contributed by atoms with Gasteiger partial charge in [0.1, 0.15) is 5.60 Å². The highest BCUT2D eigenvalue weighted by Gasteiger charge is 2.32. The number of aliphatic hydroxyl groups is 1. The van der Waals surface area contributed by atoms with Gasteiger partial charge < -0.3 is 15.3 Å². The zero-order valence-electron chi connectivity index (χ0n) is 12.3. The topological polar surface area (TPSA) is 52.6 Å². The molecule has 0 spiro atoms. The number of nitrogens with zero attached hydrogens (tertiary/aromatic N) is 1. The molecule has 0 aromatic heterocycles. The smallest absolute Gasteiger partial charge is 0.251 e. The summed E-state index contributed by atoms with van der Waals surface area (Å²) in [6, 6.07) is 10.3. The molecule has 1 aromatic rings. The molecule has 2 N–H and O–H groups in total. The van der Waals surface area contributed by atoms with Crippen LogP contribution in [0.5, 0.6) is 0 Å². The van der Waals surface area contributed by atoms with Crippen LogP contribution in [0, 0.1) is 0 Å². The number of rotatable bonds is 5.